The molecule has 0 aliphatic heterocycles. The highest BCUT2D eigenvalue weighted by Gasteiger charge is 2.06. The second-order valence-electron chi connectivity index (χ2n) is 2.64. The van der Waals surface area contributed by atoms with Crippen molar-refractivity contribution >= 4 is 47.2 Å². The van der Waals surface area contributed by atoms with E-state index in [4.69, 9.17) is 23.2 Å². The number of thiazole rings is 1. The molecule has 0 atom stereocenters. The van der Waals surface area contributed by atoms with Crippen molar-refractivity contribution in [2.75, 3.05) is 0 Å². The number of nitrogens with zero attached hydrogens (tertiary/aromatic N) is 1. The SMILES string of the molecule is Sc1nc(-c2ccc(Cl)cc2Cl)cs1. The first-order valence-electron chi connectivity index (χ1n) is 3.77. The molecule has 72 valence electrons. The molecule has 2 aromatic rings. The number of benzene rings is 1. The van der Waals surface area contributed by atoms with Crippen LogP contribution in [0.2, 0.25) is 10.0 Å². The predicted molar refractivity (Wildman–Crippen MR) is 64.8 cm³/mol. The molecule has 0 amide bonds. The second kappa shape index (κ2) is 4.11. The van der Waals surface area contributed by atoms with Crippen molar-refractivity contribution in [3.05, 3.63) is 33.6 Å². The molecular formula is C9H5Cl2NS2. The summed E-state index contributed by atoms with van der Waals surface area (Å²) < 4.78 is 0.728. The highest BCUT2D eigenvalue weighted by molar-refractivity contribution is 7.82. The minimum absolute atomic E-state index is 0.608. The summed E-state index contributed by atoms with van der Waals surface area (Å²) in [5.41, 5.74) is 1.72. The van der Waals surface area contributed by atoms with Gasteiger partial charge in [0.05, 0.1) is 10.7 Å². The Balaban J connectivity index is 2.52. The van der Waals surface area contributed by atoms with E-state index in [0.717, 1.165) is 15.6 Å². The van der Waals surface area contributed by atoms with E-state index in [2.05, 4.69) is 17.6 Å². The lowest BCUT2D eigenvalue weighted by molar-refractivity contribution is 1.26. The average molecular weight is 262 g/mol. The summed E-state index contributed by atoms with van der Waals surface area (Å²) in [5, 5.41) is 3.15. The molecule has 1 aromatic heterocycles. The van der Waals surface area contributed by atoms with Crippen LogP contribution in [0.5, 0.6) is 0 Å². The van der Waals surface area contributed by atoms with Crippen LogP contribution in [-0.2, 0) is 0 Å². The Bertz CT molecular complexity index is 468. The van der Waals surface area contributed by atoms with Gasteiger partial charge in [0.15, 0.2) is 0 Å². The van der Waals surface area contributed by atoms with Gasteiger partial charge in [-0.05, 0) is 18.2 Å². The van der Waals surface area contributed by atoms with Crippen LogP contribution in [0.15, 0.2) is 27.9 Å². The zero-order valence-electron chi connectivity index (χ0n) is 6.87. The Hall–Kier alpha value is -0.220. The Kier molecular flexibility index (Phi) is 3.02. The number of thiol groups is 1. The van der Waals surface area contributed by atoms with Gasteiger partial charge < -0.3 is 0 Å². The first-order valence-corrected chi connectivity index (χ1v) is 5.85. The van der Waals surface area contributed by atoms with Gasteiger partial charge >= 0.3 is 0 Å². The Morgan fingerprint density at radius 2 is 2.07 bits per heavy atom. The van der Waals surface area contributed by atoms with E-state index in [-0.39, 0.29) is 0 Å². The van der Waals surface area contributed by atoms with E-state index in [1.807, 2.05) is 11.4 Å². The highest BCUT2D eigenvalue weighted by atomic mass is 35.5. The molecule has 0 spiro atoms. The van der Waals surface area contributed by atoms with Crippen molar-refractivity contribution in [1.82, 2.24) is 4.98 Å². The van der Waals surface area contributed by atoms with E-state index in [0.29, 0.717) is 10.0 Å². The van der Waals surface area contributed by atoms with Gasteiger partial charge in [-0.2, -0.15) is 0 Å². The topological polar surface area (TPSA) is 12.9 Å². The van der Waals surface area contributed by atoms with E-state index < -0.39 is 0 Å². The van der Waals surface area contributed by atoms with Crippen LogP contribution in [0.1, 0.15) is 0 Å². The lowest BCUT2D eigenvalue weighted by Crippen LogP contribution is -1.79. The summed E-state index contributed by atoms with van der Waals surface area (Å²) in [6.45, 7) is 0. The van der Waals surface area contributed by atoms with Crippen LogP contribution in [0, 0.1) is 0 Å². The minimum Gasteiger partial charge on any atom is -0.230 e. The third-order valence-corrected chi connectivity index (χ3v) is 3.31. The van der Waals surface area contributed by atoms with Crippen LogP contribution in [-0.4, -0.2) is 4.98 Å². The van der Waals surface area contributed by atoms with Crippen LogP contribution >= 0.6 is 47.2 Å². The van der Waals surface area contributed by atoms with Gasteiger partial charge in [-0.25, -0.2) is 4.98 Å². The molecule has 1 nitrogen and oxygen atoms in total. The summed E-state index contributed by atoms with van der Waals surface area (Å²) in [6, 6.07) is 5.35. The second-order valence-corrected chi connectivity index (χ2v) is 5.07. The van der Waals surface area contributed by atoms with Crippen molar-refractivity contribution in [3.63, 3.8) is 0 Å². The van der Waals surface area contributed by atoms with E-state index >= 15 is 0 Å². The van der Waals surface area contributed by atoms with Gasteiger partial charge in [-0.15, -0.1) is 24.0 Å². The maximum absolute atomic E-state index is 6.03. The zero-order valence-corrected chi connectivity index (χ0v) is 10.1. The van der Waals surface area contributed by atoms with Gasteiger partial charge in [0.2, 0.25) is 0 Å². The summed E-state index contributed by atoms with van der Waals surface area (Å²) in [6.07, 6.45) is 0. The molecule has 0 N–H and O–H groups in total. The number of halogens is 2. The normalized spacial score (nSPS) is 10.5. The fraction of sp³-hybridized carbons (Fsp3) is 0. The third-order valence-electron chi connectivity index (χ3n) is 1.70. The first kappa shape index (κ1) is 10.3. The van der Waals surface area contributed by atoms with Crippen LogP contribution in [0.4, 0.5) is 0 Å². The van der Waals surface area contributed by atoms with Gasteiger partial charge in [0.25, 0.3) is 0 Å². The van der Waals surface area contributed by atoms with Crippen molar-refractivity contribution in [2.24, 2.45) is 0 Å². The fourth-order valence-electron chi connectivity index (χ4n) is 1.09. The first-order chi connectivity index (χ1) is 6.66. The number of hydrogen-bond acceptors (Lipinski definition) is 3. The smallest absolute Gasteiger partial charge is 0.147 e. The average Bonchev–Trinajstić information content (AvgIpc) is 2.51. The molecule has 0 aliphatic carbocycles. The van der Waals surface area contributed by atoms with Crippen molar-refractivity contribution < 1.29 is 0 Å². The summed E-state index contributed by atoms with van der Waals surface area (Å²) in [5.74, 6) is 0. The van der Waals surface area contributed by atoms with E-state index in [9.17, 15) is 0 Å². The minimum atomic E-state index is 0.608. The van der Waals surface area contributed by atoms with E-state index in [1.165, 1.54) is 11.3 Å². The molecule has 0 radical (unpaired) electrons. The fourth-order valence-corrected chi connectivity index (χ4v) is 2.40. The largest absolute Gasteiger partial charge is 0.230 e. The molecule has 0 fully saturated rings. The maximum Gasteiger partial charge on any atom is 0.147 e. The molecule has 0 unspecified atom stereocenters. The van der Waals surface area contributed by atoms with Crippen molar-refractivity contribution in [1.29, 1.82) is 0 Å². The van der Waals surface area contributed by atoms with Crippen LogP contribution in [0.3, 0.4) is 0 Å². The molecule has 0 aliphatic rings. The molecule has 1 heterocycles. The molecule has 2 rings (SSSR count). The Morgan fingerprint density at radius 3 is 2.64 bits per heavy atom. The zero-order chi connectivity index (χ0) is 10.1. The Morgan fingerprint density at radius 1 is 1.29 bits per heavy atom. The van der Waals surface area contributed by atoms with Gasteiger partial charge in [0.1, 0.15) is 4.34 Å². The highest BCUT2D eigenvalue weighted by Crippen LogP contribution is 2.31. The molecule has 5 heteroatoms. The van der Waals surface area contributed by atoms with Crippen LogP contribution in [0.25, 0.3) is 11.3 Å². The van der Waals surface area contributed by atoms with Crippen molar-refractivity contribution in [2.45, 2.75) is 4.34 Å². The molecule has 0 saturated heterocycles. The summed E-state index contributed by atoms with van der Waals surface area (Å²) >= 11 is 17.4. The van der Waals surface area contributed by atoms with Crippen molar-refractivity contribution in [3.8, 4) is 11.3 Å². The molecule has 0 saturated carbocycles. The number of rotatable bonds is 1. The molecule has 14 heavy (non-hydrogen) atoms. The van der Waals surface area contributed by atoms with Crippen LogP contribution < -0.4 is 0 Å². The van der Waals surface area contributed by atoms with Gasteiger partial charge in [-0.3, -0.25) is 0 Å². The summed E-state index contributed by atoms with van der Waals surface area (Å²) in [7, 11) is 0. The van der Waals surface area contributed by atoms with Gasteiger partial charge in [0, 0.05) is 16.0 Å². The standard InChI is InChI=1S/C9H5Cl2NS2/c10-5-1-2-6(7(11)3-5)8-4-14-9(13)12-8/h1-4H,(H,12,13). The molecule has 1 aromatic carbocycles. The summed E-state index contributed by atoms with van der Waals surface area (Å²) in [4.78, 5) is 4.23. The molecule has 0 bridgehead atoms. The lowest BCUT2D eigenvalue weighted by Gasteiger charge is -2.00. The van der Waals surface area contributed by atoms with E-state index in [1.54, 1.807) is 12.1 Å². The quantitative estimate of drug-likeness (QED) is 0.751. The van der Waals surface area contributed by atoms with Gasteiger partial charge in [-0.1, -0.05) is 23.2 Å². The third kappa shape index (κ3) is 2.06. The number of hydrogen-bond donors (Lipinski definition) is 1. The number of aromatic nitrogens is 1. The lowest BCUT2D eigenvalue weighted by atomic mass is 10.2. The monoisotopic (exact) mass is 261 g/mol. The molecular weight excluding hydrogens is 257 g/mol. The predicted octanol–water partition coefficient (Wildman–Crippen LogP) is 4.41. The Labute approximate surface area is 101 Å². The maximum atomic E-state index is 6.03.